The Hall–Kier alpha value is -1.32. The van der Waals surface area contributed by atoms with Gasteiger partial charge in [0.05, 0.1) is 12.1 Å². The maximum atomic E-state index is 9.12. The summed E-state index contributed by atoms with van der Waals surface area (Å²) in [4.78, 5) is 0. The second-order valence-electron chi connectivity index (χ2n) is 4.62. The van der Waals surface area contributed by atoms with Crippen molar-refractivity contribution in [3.8, 4) is 0 Å². The van der Waals surface area contributed by atoms with Crippen LogP contribution < -0.4 is 5.32 Å². The van der Waals surface area contributed by atoms with Gasteiger partial charge >= 0.3 is 0 Å². The molecule has 90 valence electrons. The first-order chi connectivity index (χ1) is 8.40. The van der Waals surface area contributed by atoms with E-state index in [-0.39, 0.29) is 6.61 Å². The average Bonchev–Trinajstić information content (AvgIpc) is 2.61. The Morgan fingerprint density at radius 1 is 1.18 bits per heavy atom. The van der Waals surface area contributed by atoms with E-state index < -0.39 is 0 Å². The monoisotopic (exact) mass is 230 g/mol. The van der Waals surface area contributed by atoms with Crippen molar-refractivity contribution in [1.29, 1.82) is 0 Å². The Balaban J connectivity index is 2.19. The van der Waals surface area contributed by atoms with Crippen LogP contribution in [-0.2, 0) is 19.4 Å². The second kappa shape index (κ2) is 4.51. The second-order valence-corrected chi connectivity index (χ2v) is 4.62. The molecule has 3 heteroatoms. The van der Waals surface area contributed by atoms with E-state index >= 15 is 0 Å². The van der Waals surface area contributed by atoms with E-state index in [0.717, 1.165) is 25.9 Å². The minimum absolute atomic E-state index is 0.200. The molecule has 3 nitrogen and oxygen atoms in total. The molecule has 0 amide bonds. The molecule has 0 unspecified atom stereocenters. The zero-order chi connectivity index (χ0) is 11.7. The molecule has 0 aliphatic carbocycles. The summed E-state index contributed by atoms with van der Waals surface area (Å²) in [6.07, 6.45) is 4.27. The van der Waals surface area contributed by atoms with E-state index in [0.29, 0.717) is 6.54 Å². The lowest BCUT2D eigenvalue weighted by Gasteiger charge is -2.11. The highest BCUT2D eigenvalue weighted by atomic mass is 16.3. The number of nitrogens with zero attached hydrogens (tertiary/aromatic N) is 1. The van der Waals surface area contributed by atoms with Crippen molar-refractivity contribution in [2.75, 3.05) is 19.7 Å². The smallest absolute Gasteiger partial charge is 0.0610 e. The van der Waals surface area contributed by atoms with E-state index in [2.05, 4.69) is 34.3 Å². The van der Waals surface area contributed by atoms with E-state index in [1.807, 2.05) is 0 Å². The first-order valence-electron chi connectivity index (χ1n) is 6.31. The minimum atomic E-state index is 0.200. The number of aliphatic hydroxyl groups excluding tert-OH is 1. The molecule has 0 atom stereocenters. The van der Waals surface area contributed by atoms with Gasteiger partial charge < -0.3 is 15.0 Å². The average molecular weight is 230 g/mol. The molecule has 2 N–H and O–H groups in total. The molecule has 1 aromatic heterocycles. The van der Waals surface area contributed by atoms with E-state index in [1.165, 1.54) is 22.0 Å². The molecule has 0 saturated carbocycles. The van der Waals surface area contributed by atoms with Crippen molar-refractivity contribution in [1.82, 2.24) is 9.88 Å². The van der Waals surface area contributed by atoms with Gasteiger partial charge in [0.25, 0.3) is 0 Å². The SMILES string of the molecule is OCCn1ccc2ccc3c(c21)CCNCC3. The Morgan fingerprint density at radius 3 is 2.94 bits per heavy atom. The van der Waals surface area contributed by atoms with Crippen molar-refractivity contribution < 1.29 is 5.11 Å². The molecular weight excluding hydrogens is 212 g/mol. The Bertz CT molecular complexity index is 530. The number of hydrogen-bond donors (Lipinski definition) is 2. The standard InChI is InChI=1S/C14H18N2O/c17-10-9-16-8-5-12-2-1-11-3-6-15-7-4-13(11)14(12)16/h1-2,5,8,15,17H,3-4,6-7,9-10H2. The first-order valence-corrected chi connectivity index (χ1v) is 6.31. The molecule has 1 aliphatic heterocycles. The molecule has 2 aromatic rings. The summed E-state index contributed by atoms with van der Waals surface area (Å²) in [5, 5.41) is 13.9. The molecule has 0 spiro atoms. The zero-order valence-corrected chi connectivity index (χ0v) is 9.95. The lowest BCUT2D eigenvalue weighted by Crippen LogP contribution is -2.16. The van der Waals surface area contributed by atoms with Crippen LogP contribution in [0.3, 0.4) is 0 Å². The van der Waals surface area contributed by atoms with Crippen molar-refractivity contribution in [3.05, 3.63) is 35.5 Å². The Kier molecular flexibility index (Phi) is 2.87. The van der Waals surface area contributed by atoms with Gasteiger partial charge in [-0.2, -0.15) is 0 Å². The van der Waals surface area contributed by atoms with Crippen LogP contribution in [0.4, 0.5) is 0 Å². The summed E-state index contributed by atoms with van der Waals surface area (Å²) in [5.41, 5.74) is 4.24. The van der Waals surface area contributed by atoms with Crippen LogP contribution in [0.15, 0.2) is 24.4 Å². The van der Waals surface area contributed by atoms with Gasteiger partial charge in [0, 0.05) is 12.7 Å². The molecule has 1 aliphatic rings. The number of aromatic nitrogens is 1. The predicted octanol–water partition coefficient (Wildman–Crippen LogP) is 1.32. The third-order valence-electron chi connectivity index (χ3n) is 3.60. The molecule has 2 heterocycles. The molecule has 0 bridgehead atoms. The van der Waals surface area contributed by atoms with Gasteiger partial charge in [-0.05, 0) is 48.5 Å². The minimum Gasteiger partial charge on any atom is -0.395 e. The fraction of sp³-hybridized carbons (Fsp3) is 0.429. The number of fused-ring (bicyclic) bond motifs is 3. The van der Waals surface area contributed by atoms with Crippen LogP contribution in [0.5, 0.6) is 0 Å². The third-order valence-corrected chi connectivity index (χ3v) is 3.60. The van der Waals surface area contributed by atoms with Crippen LogP contribution in [0.25, 0.3) is 10.9 Å². The topological polar surface area (TPSA) is 37.2 Å². The van der Waals surface area contributed by atoms with Crippen molar-refractivity contribution in [3.63, 3.8) is 0 Å². The maximum Gasteiger partial charge on any atom is 0.0610 e. The zero-order valence-electron chi connectivity index (χ0n) is 9.95. The van der Waals surface area contributed by atoms with E-state index in [1.54, 1.807) is 0 Å². The van der Waals surface area contributed by atoms with Crippen molar-refractivity contribution >= 4 is 10.9 Å². The summed E-state index contributed by atoms with van der Waals surface area (Å²) >= 11 is 0. The lowest BCUT2D eigenvalue weighted by molar-refractivity contribution is 0.278. The van der Waals surface area contributed by atoms with Crippen LogP contribution in [0.2, 0.25) is 0 Å². The van der Waals surface area contributed by atoms with Gasteiger partial charge in [0.1, 0.15) is 0 Å². The quantitative estimate of drug-likeness (QED) is 0.816. The summed E-state index contributed by atoms with van der Waals surface area (Å²) in [5.74, 6) is 0. The largest absolute Gasteiger partial charge is 0.395 e. The molecular formula is C14H18N2O. The van der Waals surface area contributed by atoms with Gasteiger partial charge in [-0.3, -0.25) is 0 Å². The normalized spacial score (nSPS) is 15.8. The highest BCUT2D eigenvalue weighted by molar-refractivity contribution is 5.84. The summed E-state index contributed by atoms with van der Waals surface area (Å²) in [6, 6.07) is 6.60. The molecule has 1 aromatic carbocycles. The number of rotatable bonds is 2. The molecule has 17 heavy (non-hydrogen) atoms. The number of aliphatic hydroxyl groups is 1. The third kappa shape index (κ3) is 1.85. The predicted molar refractivity (Wildman–Crippen MR) is 69.3 cm³/mol. The van der Waals surface area contributed by atoms with Gasteiger partial charge in [0.15, 0.2) is 0 Å². The Morgan fingerprint density at radius 2 is 2.06 bits per heavy atom. The first kappa shape index (κ1) is 10.8. The molecule has 3 rings (SSSR count). The van der Waals surface area contributed by atoms with E-state index in [4.69, 9.17) is 5.11 Å². The van der Waals surface area contributed by atoms with Gasteiger partial charge in [-0.15, -0.1) is 0 Å². The maximum absolute atomic E-state index is 9.12. The van der Waals surface area contributed by atoms with Crippen molar-refractivity contribution in [2.24, 2.45) is 0 Å². The summed E-state index contributed by atoms with van der Waals surface area (Å²) in [7, 11) is 0. The highest BCUT2D eigenvalue weighted by Gasteiger charge is 2.13. The molecule has 0 saturated heterocycles. The van der Waals surface area contributed by atoms with Gasteiger partial charge in [0.2, 0.25) is 0 Å². The number of benzene rings is 1. The van der Waals surface area contributed by atoms with Crippen LogP contribution in [0, 0.1) is 0 Å². The number of hydrogen-bond acceptors (Lipinski definition) is 2. The van der Waals surface area contributed by atoms with Crippen molar-refractivity contribution in [2.45, 2.75) is 19.4 Å². The van der Waals surface area contributed by atoms with Crippen LogP contribution in [-0.4, -0.2) is 29.4 Å². The van der Waals surface area contributed by atoms with Crippen LogP contribution >= 0.6 is 0 Å². The fourth-order valence-electron chi connectivity index (χ4n) is 2.78. The molecule has 0 fully saturated rings. The lowest BCUT2D eigenvalue weighted by atomic mass is 10.00. The summed E-state index contributed by atoms with van der Waals surface area (Å²) < 4.78 is 2.18. The Labute approximate surface area is 101 Å². The number of nitrogens with one attached hydrogen (secondary N) is 1. The highest BCUT2D eigenvalue weighted by Crippen LogP contribution is 2.25. The van der Waals surface area contributed by atoms with Crippen LogP contribution in [0.1, 0.15) is 11.1 Å². The molecule has 0 radical (unpaired) electrons. The van der Waals surface area contributed by atoms with Gasteiger partial charge in [-0.1, -0.05) is 12.1 Å². The fourth-order valence-corrected chi connectivity index (χ4v) is 2.78. The summed E-state index contributed by atoms with van der Waals surface area (Å²) in [6.45, 7) is 3.01. The van der Waals surface area contributed by atoms with Gasteiger partial charge in [-0.25, -0.2) is 0 Å². The van der Waals surface area contributed by atoms with E-state index in [9.17, 15) is 0 Å².